The monoisotopic (exact) mass is 398 g/mol. The minimum absolute atomic E-state index is 0.177. The number of carbonyl (C=O) groups is 3. The molecule has 1 aliphatic heterocycles. The quantitative estimate of drug-likeness (QED) is 0.687. The van der Waals surface area contributed by atoms with Crippen LogP contribution >= 0.6 is 11.8 Å². The number of hydrogen-bond donors (Lipinski definition) is 1. The van der Waals surface area contributed by atoms with Gasteiger partial charge in [0, 0.05) is 0 Å². The maximum absolute atomic E-state index is 12.5. The van der Waals surface area contributed by atoms with E-state index in [1.54, 1.807) is 30.3 Å². The Morgan fingerprint density at radius 2 is 1.68 bits per heavy atom. The van der Waals surface area contributed by atoms with Crippen molar-refractivity contribution in [2.45, 2.75) is 0 Å². The zero-order chi connectivity index (χ0) is 19.9. The van der Waals surface area contributed by atoms with Crippen molar-refractivity contribution in [3.8, 4) is 11.5 Å². The first kappa shape index (κ1) is 19.5. The van der Waals surface area contributed by atoms with Crippen LogP contribution in [0, 0.1) is 0 Å². The first-order chi connectivity index (χ1) is 13.5. The SMILES string of the molecule is NC(=O)COc1ccc(/C=C2\SC(=O)N(CCOc3ccccc3)C2=O)cc1. The number of amides is 3. The molecule has 1 fully saturated rings. The van der Waals surface area contributed by atoms with Crippen LogP contribution in [0.5, 0.6) is 11.5 Å². The van der Waals surface area contributed by atoms with Crippen molar-refractivity contribution in [2.24, 2.45) is 5.73 Å². The van der Waals surface area contributed by atoms with Gasteiger partial charge >= 0.3 is 0 Å². The molecule has 2 N–H and O–H groups in total. The third kappa shape index (κ3) is 5.14. The van der Waals surface area contributed by atoms with E-state index in [0.29, 0.717) is 16.4 Å². The second kappa shape index (κ2) is 9.09. The van der Waals surface area contributed by atoms with E-state index in [2.05, 4.69) is 0 Å². The van der Waals surface area contributed by atoms with Gasteiger partial charge < -0.3 is 15.2 Å². The van der Waals surface area contributed by atoms with Gasteiger partial charge in [0.2, 0.25) is 0 Å². The summed E-state index contributed by atoms with van der Waals surface area (Å²) in [6, 6.07) is 16.0. The Kier molecular flexibility index (Phi) is 6.33. The van der Waals surface area contributed by atoms with Gasteiger partial charge in [-0.05, 0) is 47.7 Å². The lowest BCUT2D eigenvalue weighted by Gasteiger charge is -2.13. The maximum Gasteiger partial charge on any atom is 0.293 e. The topological polar surface area (TPSA) is 98.9 Å². The van der Waals surface area contributed by atoms with Crippen molar-refractivity contribution in [1.29, 1.82) is 0 Å². The normalized spacial score (nSPS) is 15.1. The van der Waals surface area contributed by atoms with Gasteiger partial charge in [0.25, 0.3) is 17.1 Å². The molecule has 144 valence electrons. The number of hydrogen-bond acceptors (Lipinski definition) is 6. The molecule has 2 aromatic carbocycles. The first-order valence-electron chi connectivity index (χ1n) is 8.47. The Labute approximate surface area is 166 Å². The van der Waals surface area contributed by atoms with Crippen LogP contribution in [0.3, 0.4) is 0 Å². The molecule has 1 saturated heterocycles. The summed E-state index contributed by atoms with van der Waals surface area (Å²) in [5.41, 5.74) is 5.76. The first-order valence-corrected chi connectivity index (χ1v) is 9.29. The number of benzene rings is 2. The van der Waals surface area contributed by atoms with Crippen LogP contribution < -0.4 is 15.2 Å². The van der Waals surface area contributed by atoms with Crippen molar-refractivity contribution in [2.75, 3.05) is 19.8 Å². The van der Waals surface area contributed by atoms with Crippen molar-refractivity contribution in [3.05, 3.63) is 65.1 Å². The van der Waals surface area contributed by atoms with E-state index in [1.807, 2.05) is 30.3 Å². The van der Waals surface area contributed by atoms with E-state index in [-0.39, 0.29) is 30.9 Å². The summed E-state index contributed by atoms with van der Waals surface area (Å²) >= 11 is 0.892. The average Bonchev–Trinajstić information content (AvgIpc) is 2.95. The van der Waals surface area contributed by atoms with Crippen LogP contribution in [0.4, 0.5) is 4.79 Å². The Hall–Kier alpha value is -3.26. The van der Waals surface area contributed by atoms with E-state index < -0.39 is 5.91 Å². The molecule has 0 aromatic heterocycles. The summed E-state index contributed by atoms with van der Waals surface area (Å²) in [5.74, 6) is 0.264. The lowest BCUT2D eigenvalue weighted by atomic mass is 10.2. The molecule has 0 spiro atoms. The number of carbonyl (C=O) groups excluding carboxylic acids is 3. The molecule has 2 aromatic rings. The molecule has 1 aliphatic rings. The third-order valence-corrected chi connectivity index (χ3v) is 4.67. The minimum Gasteiger partial charge on any atom is -0.492 e. The molecular weight excluding hydrogens is 380 g/mol. The number of rotatable bonds is 8. The molecule has 0 unspecified atom stereocenters. The fourth-order valence-corrected chi connectivity index (χ4v) is 3.30. The fourth-order valence-electron chi connectivity index (χ4n) is 2.43. The third-order valence-electron chi connectivity index (χ3n) is 3.76. The van der Waals surface area contributed by atoms with Crippen LogP contribution in [0.25, 0.3) is 6.08 Å². The molecule has 3 amide bonds. The Balaban J connectivity index is 1.58. The number of primary amides is 1. The van der Waals surface area contributed by atoms with Crippen molar-refractivity contribution < 1.29 is 23.9 Å². The van der Waals surface area contributed by atoms with Crippen molar-refractivity contribution in [1.82, 2.24) is 4.90 Å². The van der Waals surface area contributed by atoms with Crippen LogP contribution in [0.1, 0.15) is 5.56 Å². The highest BCUT2D eigenvalue weighted by atomic mass is 32.2. The van der Waals surface area contributed by atoms with E-state index >= 15 is 0 Å². The van der Waals surface area contributed by atoms with Gasteiger partial charge in [0.15, 0.2) is 6.61 Å². The van der Waals surface area contributed by atoms with Crippen LogP contribution in [-0.2, 0) is 9.59 Å². The van der Waals surface area contributed by atoms with E-state index in [1.165, 1.54) is 4.90 Å². The zero-order valence-corrected chi connectivity index (χ0v) is 15.7. The number of ether oxygens (including phenoxy) is 2. The molecule has 3 rings (SSSR count). The van der Waals surface area contributed by atoms with Gasteiger partial charge in [-0.2, -0.15) is 0 Å². The molecule has 1 heterocycles. The second-order valence-corrected chi connectivity index (χ2v) is 6.81. The van der Waals surface area contributed by atoms with Gasteiger partial charge in [-0.3, -0.25) is 19.3 Å². The lowest BCUT2D eigenvalue weighted by Crippen LogP contribution is -2.32. The summed E-state index contributed by atoms with van der Waals surface area (Å²) in [7, 11) is 0. The predicted octanol–water partition coefficient (Wildman–Crippen LogP) is 2.67. The van der Waals surface area contributed by atoms with E-state index in [0.717, 1.165) is 17.3 Å². The highest BCUT2D eigenvalue weighted by Crippen LogP contribution is 2.32. The summed E-state index contributed by atoms with van der Waals surface area (Å²) in [4.78, 5) is 36.9. The predicted molar refractivity (Wildman–Crippen MR) is 106 cm³/mol. The van der Waals surface area contributed by atoms with Crippen molar-refractivity contribution >= 4 is 34.9 Å². The second-order valence-electron chi connectivity index (χ2n) is 5.82. The summed E-state index contributed by atoms with van der Waals surface area (Å²) < 4.78 is 10.7. The number of para-hydroxylation sites is 1. The van der Waals surface area contributed by atoms with Gasteiger partial charge in [-0.1, -0.05) is 30.3 Å². The van der Waals surface area contributed by atoms with Crippen LogP contribution in [0.2, 0.25) is 0 Å². The summed E-state index contributed by atoms with van der Waals surface area (Å²) in [6.07, 6.45) is 1.64. The van der Waals surface area contributed by atoms with Gasteiger partial charge in [0.05, 0.1) is 11.4 Å². The standard InChI is InChI=1S/C20H18N2O5S/c21-18(23)13-27-16-8-6-14(7-9-16)12-17-19(24)22(20(25)28-17)10-11-26-15-4-2-1-3-5-15/h1-9,12H,10-11,13H2,(H2,21,23)/b17-12-. The minimum atomic E-state index is -0.561. The molecule has 0 bridgehead atoms. The van der Waals surface area contributed by atoms with Crippen LogP contribution in [-0.4, -0.2) is 41.7 Å². The highest BCUT2D eigenvalue weighted by molar-refractivity contribution is 8.18. The number of imide groups is 1. The van der Waals surface area contributed by atoms with E-state index in [4.69, 9.17) is 15.2 Å². The molecule has 7 nitrogen and oxygen atoms in total. The Morgan fingerprint density at radius 3 is 2.36 bits per heavy atom. The maximum atomic E-state index is 12.5. The molecular formula is C20H18N2O5S. The van der Waals surface area contributed by atoms with Gasteiger partial charge in [0.1, 0.15) is 18.1 Å². The lowest BCUT2D eigenvalue weighted by molar-refractivity contribution is -0.123. The zero-order valence-electron chi connectivity index (χ0n) is 14.9. The largest absolute Gasteiger partial charge is 0.492 e. The van der Waals surface area contributed by atoms with Gasteiger partial charge in [-0.25, -0.2) is 0 Å². The number of nitrogens with zero attached hydrogens (tertiary/aromatic N) is 1. The van der Waals surface area contributed by atoms with Crippen LogP contribution in [0.15, 0.2) is 59.5 Å². The highest BCUT2D eigenvalue weighted by Gasteiger charge is 2.34. The molecule has 28 heavy (non-hydrogen) atoms. The number of thioether (sulfide) groups is 1. The molecule has 0 saturated carbocycles. The molecule has 0 radical (unpaired) electrons. The van der Waals surface area contributed by atoms with Gasteiger partial charge in [-0.15, -0.1) is 0 Å². The smallest absolute Gasteiger partial charge is 0.293 e. The van der Waals surface area contributed by atoms with Crippen molar-refractivity contribution in [3.63, 3.8) is 0 Å². The molecule has 0 aliphatic carbocycles. The molecule has 0 atom stereocenters. The summed E-state index contributed by atoms with van der Waals surface area (Å²) in [5, 5.41) is -0.325. The Morgan fingerprint density at radius 1 is 1.00 bits per heavy atom. The van der Waals surface area contributed by atoms with E-state index in [9.17, 15) is 14.4 Å². The number of nitrogens with two attached hydrogens (primary N) is 1. The average molecular weight is 398 g/mol. The summed E-state index contributed by atoms with van der Waals surface area (Å²) in [6.45, 7) is 0.196. The Bertz CT molecular complexity index is 897. The fraction of sp³-hybridized carbons (Fsp3) is 0.150. The molecule has 8 heteroatoms.